The first-order valence-corrected chi connectivity index (χ1v) is 2.93. The lowest BCUT2D eigenvalue weighted by Crippen LogP contribution is -2.29. The lowest BCUT2D eigenvalue weighted by Gasteiger charge is -2.03. The number of halogens is 1. The number of aryl methyl sites for hydroxylation is 1. The Labute approximate surface area is 62.3 Å². The Kier molecular flexibility index (Phi) is 1.84. The van der Waals surface area contributed by atoms with Crippen LogP contribution in [0.5, 0.6) is 0 Å². The van der Waals surface area contributed by atoms with Crippen molar-refractivity contribution in [3.63, 3.8) is 0 Å². The molecule has 0 aromatic heterocycles. The lowest BCUT2D eigenvalue weighted by molar-refractivity contribution is 0.628. The summed E-state index contributed by atoms with van der Waals surface area (Å²) in [6.45, 7) is 1.64. The molecule has 0 aliphatic carbocycles. The third-order valence-electron chi connectivity index (χ3n) is 1.41. The van der Waals surface area contributed by atoms with Gasteiger partial charge in [0.1, 0.15) is 21.5 Å². The Morgan fingerprint density at radius 1 is 1.30 bits per heavy atom. The van der Waals surface area contributed by atoms with Gasteiger partial charge in [0, 0.05) is 0 Å². The van der Waals surface area contributed by atoms with E-state index in [1.165, 1.54) is 0 Å². The van der Waals surface area contributed by atoms with Gasteiger partial charge < -0.3 is 0 Å². The van der Waals surface area contributed by atoms with Gasteiger partial charge in [-0.25, -0.2) is 4.39 Å². The quantitative estimate of drug-likeness (QED) is 0.423. The van der Waals surface area contributed by atoms with E-state index in [2.05, 4.69) is 0 Å². The van der Waals surface area contributed by atoms with E-state index in [0.29, 0.717) is 11.0 Å². The van der Waals surface area contributed by atoms with Crippen LogP contribution in [0.3, 0.4) is 0 Å². The number of hydrogen-bond acceptors (Lipinski definition) is 0. The van der Waals surface area contributed by atoms with E-state index in [4.69, 9.17) is 15.7 Å². The third kappa shape index (κ3) is 1.08. The van der Waals surface area contributed by atoms with E-state index in [0.717, 1.165) is 0 Å². The maximum absolute atomic E-state index is 12.8. The first kappa shape index (κ1) is 7.39. The van der Waals surface area contributed by atoms with Crippen LogP contribution in [0, 0.1) is 12.7 Å². The van der Waals surface area contributed by atoms with E-state index in [-0.39, 0.29) is 5.46 Å². The average Bonchev–Trinajstić information content (AvgIpc) is 1.93. The molecule has 0 nitrogen and oxygen atoms in total. The number of hydrogen-bond donors (Lipinski definition) is 0. The maximum atomic E-state index is 12.8. The monoisotopic (exact) mass is 130 g/mol. The van der Waals surface area contributed by atoms with E-state index in [1.807, 2.05) is 0 Å². The molecule has 1 rings (SSSR count). The Bertz CT molecular complexity index is 231. The normalized spacial score (nSPS) is 9.80. The van der Waals surface area contributed by atoms with Crippen molar-refractivity contribution < 1.29 is 4.39 Å². The molecule has 0 amide bonds. The van der Waals surface area contributed by atoms with E-state index >= 15 is 0 Å². The van der Waals surface area contributed by atoms with Crippen LogP contribution in [0.1, 0.15) is 5.56 Å². The van der Waals surface area contributed by atoms with E-state index < -0.39 is 5.82 Å². The molecular formula is C7H5B2F. The molecule has 0 unspecified atom stereocenters. The zero-order chi connectivity index (χ0) is 7.72. The molecular weight excluding hydrogens is 125 g/mol. The van der Waals surface area contributed by atoms with Gasteiger partial charge in [-0.15, -0.1) is 5.46 Å². The molecule has 3 heteroatoms. The fourth-order valence-corrected chi connectivity index (χ4v) is 0.717. The van der Waals surface area contributed by atoms with Gasteiger partial charge in [0.15, 0.2) is 0 Å². The highest BCUT2D eigenvalue weighted by atomic mass is 19.1. The third-order valence-corrected chi connectivity index (χ3v) is 1.41. The largest absolute Gasteiger partial charge is 0.207 e. The van der Waals surface area contributed by atoms with Crippen LogP contribution in [0.2, 0.25) is 0 Å². The van der Waals surface area contributed by atoms with Crippen molar-refractivity contribution in [1.82, 2.24) is 0 Å². The highest BCUT2D eigenvalue weighted by Gasteiger charge is 2.00. The van der Waals surface area contributed by atoms with Gasteiger partial charge in [0.2, 0.25) is 0 Å². The summed E-state index contributed by atoms with van der Waals surface area (Å²) in [6, 6.07) is 3.19. The Morgan fingerprint density at radius 3 is 2.40 bits per heavy atom. The number of rotatable bonds is 0. The molecule has 0 N–H and O–H groups in total. The average molecular weight is 130 g/mol. The Morgan fingerprint density at radius 2 is 1.90 bits per heavy atom. The van der Waals surface area contributed by atoms with Crippen LogP contribution in [-0.4, -0.2) is 15.7 Å². The molecule has 0 bridgehead atoms. The minimum atomic E-state index is -0.417. The fourth-order valence-electron chi connectivity index (χ4n) is 0.717. The fraction of sp³-hybridized carbons (Fsp3) is 0.143. The summed E-state index contributed by atoms with van der Waals surface area (Å²) in [5, 5.41) is 0. The van der Waals surface area contributed by atoms with Crippen molar-refractivity contribution in [3.05, 3.63) is 23.5 Å². The molecule has 0 atom stereocenters. The topological polar surface area (TPSA) is 0 Å². The first-order chi connectivity index (χ1) is 4.63. The molecule has 0 saturated heterocycles. The number of benzene rings is 1. The summed E-state index contributed by atoms with van der Waals surface area (Å²) < 4.78 is 12.8. The Balaban J connectivity index is 3.34. The zero-order valence-electron chi connectivity index (χ0n) is 5.69. The summed E-state index contributed by atoms with van der Waals surface area (Å²) in [5.74, 6) is -0.417. The van der Waals surface area contributed by atoms with Crippen LogP contribution >= 0.6 is 0 Å². The predicted molar refractivity (Wildman–Crippen MR) is 41.9 cm³/mol. The van der Waals surface area contributed by atoms with Gasteiger partial charge in [0.05, 0.1) is 0 Å². The van der Waals surface area contributed by atoms with Crippen LogP contribution in [0.25, 0.3) is 0 Å². The van der Waals surface area contributed by atoms with Crippen LogP contribution in [-0.2, 0) is 0 Å². The molecule has 10 heavy (non-hydrogen) atoms. The van der Waals surface area contributed by atoms with Gasteiger partial charge in [-0.05, 0) is 12.5 Å². The van der Waals surface area contributed by atoms with E-state index in [1.54, 1.807) is 19.1 Å². The summed E-state index contributed by atoms with van der Waals surface area (Å²) in [4.78, 5) is 0. The minimum Gasteiger partial charge on any atom is -0.207 e. The van der Waals surface area contributed by atoms with Gasteiger partial charge in [-0.2, -0.15) is 0 Å². The molecule has 0 heterocycles. The molecule has 1 aromatic rings. The van der Waals surface area contributed by atoms with E-state index in [9.17, 15) is 4.39 Å². The van der Waals surface area contributed by atoms with Crippen molar-refractivity contribution in [3.8, 4) is 0 Å². The highest BCUT2D eigenvalue weighted by molar-refractivity contribution is 6.48. The maximum Gasteiger partial charge on any atom is 0.118 e. The second kappa shape index (κ2) is 2.49. The first-order valence-electron chi connectivity index (χ1n) is 2.93. The van der Waals surface area contributed by atoms with Gasteiger partial charge in [0.25, 0.3) is 0 Å². The minimum absolute atomic E-state index is 0.0417. The van der Waals surface area contributed by atoms with Crippen molar-refractivity contribution >= 4 is 26.6 Å². The SMILES string of the molecule is [B]c1ccc(C)c(F)c1[B]. The molecule has 1 aromatic carbocycles. The van der Waals surface area contributed by atoms with Crippen molar-refractivity contribution in [2.75, 3.05) is 0 Å². The van der Waals surface area contributed by atoms with Crippen molar-refractivity contribution in [2.24, 2.45) is 0 Å². The predicted octanol–water partition coefficient (Wildman–Crippen LogP) is -0.278. The smallest absolute Gasteiger partial charge is 0.118 e. The van der Waals surface area contributed by atoms with Crippen LogP contribution in [0.4, 0.5) is 4.39 Å². The Hall–Kier alpha value is -0.720. The van der Waals surface area contributed by atoms with Crippen molar-refractivity contribution in [1.29, 1.82) is 0 Å². The second-order valence-corrected chi connectivity index (χ2v) is 2.20. The lowest BCUT2D eigenvalue weighted by atomic mass is 9.79. The summed E-state index contributed by atoms with van der Waals surface area (Å²) in [5.41, 5.74) is 0.856. The molecule has 0 saturated carbocycles. The molecule has 46 valence electrons. The molecule has 0 aliphatic heterocycles. The van der Waals surface area contributed by atoms with Crippen LogP contribution < -0.4 is 10.9 Å². The molecule has 0 fully saturated rings. The highest BCUT2D eigenvalue weighted by Crippen LogP contribution is 1.98. The van der Waals surface area contributed by atoms with Crippen LogP contribution in [0.15, 0.2) is 12.1 Å². The standard InChI is InChI=1S/C7H5B2F/c1-4-2-3-5(8)6(9)7(4)10/h2-3H,1H3. The summed E-state index contributed by atoms with van der Waals surface area (Å²) in [7, 11) is 10.6. The molecule has 4 radical (unpaired) electrons. The zero-order valence-corrected chi connectivity index (χ0v) is 5.69. The molecule has 0 aliphatic rings. The van der Waals surface area contributed by atoms with Gasteiger partial charge >= 0.3 is 0 Å². The van der Waals surface area contributed by atoms with Gasteiger partial charge in [-0.3, -0.25) is 0 Å². The summed E-state index contributed by atoms with van der Waals surface area (Å²) in [6.07, 6.45) is 0. The summed E-state index contributed by atoms with van der Waals surface area (Å²) >= 11 is 0. The van der Waals surface area contributed by atoms with Crippen molar-refractivity contribution in [2.45, 2.75) is 6.92 Å². The second-order valence-electron chi connectivity index (χ2n) is 2.20. The van der Waals surface area contributed by atoms with Gasteiger partial charge in [-0.1, -0.05) is 17.6 Å². The molecule has 0 spiro atoms.